The second-order valence-electron chi connectivity index (χ2n) is 9.01. The maximum Gasteiger partial charge on any atom is 0.294 e. The molecule has 2 saturated heterocycles. The Morgan fingerprint density at radius 2 is 1.70 bits per heavy atom. The van der Waals surface area contributed by atoms with Crippen LogP contribution in [0.3, 0.4) is 0 Å². The predicted molar refractivity (Wildman–Crippen MR) is 107 cm³/mol. The van der Waals surface area contributed by atoms with Gasteiger partial charge in [0.05, 0.1) is 0 Å². The zero-order chi connectivity index (χ0) is 18.7. The van der Waals surface area contributed by atoms with Crippen molar-refractivity contribution in [3.05, 3.63) is 35.9 Å². The van der Waals surface area contributed by atoms with Crippen molar-refractivity contribution in [2.24, 2.45) is 11.3 Å². The van der Waals surface area contributed by atoms with Crippen molar-refractivity contribution in [3.8, 4) is 0 Å². The van der Waals surface area contributed by atoms with Crippen molar-refractivity contribution < 1.29 is 9.59 Å². The van der Waals surface area contributed by atoms with Gasteiger partial charge >= 0.3 is 0 Å². The van der Waals surface area contributed by atoms with Gasteiger partial charge in [-0.1, -0.05) is 49.6 Å². The SMILES string of the molecule is O=C(C(=O)N1CC[C@@]2(CCCN(CC3CCCCC3)C2)C1)c1ccccc1. The minimum atomic E-state index is -0.359. The van der Waals surface area contributed by atoms with Crippen LogP contribution in [0, 0.1) is 11.3 Å². The van der Waals surface area contributed by atoms with Crippen LogP contribution in [-0.4, -0.2) is 54.2 Å². The first-order valence-corrected chi connectivity index (χ1v) is 10.8. The Morgan fingerprint density at radius 3 is 2.48 bits per heavy atom. The molecule has 2 heterocycles. The average Bonchev–Trinajstić information content (AvgIpc) is 3.11. The molecule has 1 aromatic rings. The van der Waals surface area contributed by atoms with Crippen molar-refractivity contribution in [1.82, 2.24) is 9.80 Å². The summed E-state index contributed by atoms with van der Waals surface area (Å²) in [7, 11) is 0. The van der Waals surface area contributed by atoms with E-state index in [9.17, 15) is 9.59 Å². The fraction of sp³-hybridized carbons (Fsp3) is 0.652. The Hall–Kier alpha value is -1.68. The molecule has 1 atom stereocenters. The first-order valence-electron chi connectivity index (χ1n) is 10.8. The molecule has 1 spiro atoms. The molecule has 2 aliphatic heterocycles. The van der Waals surface area contributed by atoms with Crippen LogP contribution in [0.25, 0.3) is 0 Å². The van der Waals surface area contributed by atoms with E-state index in [0.717, 1.165) is 32.0 Å². The average molecular weight is 369 g/mol. The van der Waals surface area contributed by atoms with Gasteiger partial charge in [0, 0.05) is 37.2 Å². The number of amides is 1. The number of nitrogens with zero attached hydrogens (tertiary/aromatic N) is 2. The number of piperidine rings is 1. The van der Waals surface area contributed by atoms with E-state index >= 15 is 0 Å². The Kier molecular flexibility index (Phi) is 5.63. The van der Waals surface area contributed by atoms with Gasteiger partial charge < -0.3 is 9.80 Å². The number of ketones is 1. The number of rotatable bonds is 4. The van der Waals surface area contributed by atoms with Crippen LogP contribution in [0.5, 0.6) is 0 Å². The molecule has 0 aromatic heterocycles. The lowest BCUT2D eigenvalue weighted by atomic mass is 9.78. The Balaban J connectivity index is 1.36. The van der Waals surface area contributed by atoms with Gasteiger partial charge in [-0.2, -0.15) is 0 Å². The fourth-order valence-electron chi connectivity index (χ4n) is 5.50. The highest BCUT2D eigenvalue weighted by Crippen LogP contribution is 2.40. The van der Waals surface area contributed by atoms with Crippen LogP contribution < -0.4 is 0 Å². The summed E-state index contributed by atoms with van der Waals surface area (Å²) in [5.74, 6) is 0.192. The van der Waals surface area contributed by atoms with Gasteiger partial charge in [0.1, 0.15) is 0 Å². The summed E-state index contributed by atoms with van der Waals surface area (Å²) in [6, 6.07) is 8.97. The Bertz CT molecular complexity index is 668. The van der Waals surface area contributed by atoms with E-state index in [2.05, 4.69) is 4.90 Å². The van der Waals surface area contributed by atoms with Crippen molar-refractivity contribution in [3.63, 3.8) is 0 Å². The molecule has 27 heavy (non-hydrogen) atoms. The summed E-state index contributed by atoms with van der Waals surface area (Å²) in [4.78, 5) is 29.7. The van der Waals surface area contributed by atoms with Crippen LogP contribution in [0.15, 0.2) is 30.3 Å². The van der Waals surface area contributed by atoms with E-state index in [1.807, 2.05) is 23.1 Å². The highest BCUT2D eigenvalue weighted by atomic mass is 16.2. The van der Waals surface area contributed by atoms with E-state index in [1.54, 1.807) is 12.1 Å². The molecule has 0 unspecified atom stereocenters. The molecule has 3 fully saturated rings. The minimum absolute atomic E-state index is 0.208. The molecule has 4 heteroatoms. The minimum Gasteiger partial charge on any atom is -0.335 e. The van der Waals surface area contributed by atoms with Crippen LogP contribution in [0.4, 0.5) is 0 Å². The molecule has 146 valence electrons. The fourth-order valence-corrected chi connectivity index (χ4v) is 5.50. The van der Waals surface area contributed by atoms with Crippen molar-refractivity contribution in [2.45, 2.75) is 51.4 Å². The smallest absolute Gasteiger partial charge is 0.294 e. The summed E-state index contributed by atoms with van der Waals surface area (Å²) < 4.78 is 0. The van der Waals surface area contributed by atoms with Gasteiger partial charge in [0.25, 0.3) is 5.91 Å². The molecule has 1 saturated carbocycles. The molecule has 0 N–H and O–H groups in total. The van der Waals surface area contributed by atoms with Gasteiger partial charge in [0.2, 0.25) is 5.78 Å². The van der Waals surface area contributed by atoms with E-state index in [0.29, 0.717) is 5.56 Å². The zero-order valence-electron chi connectivity index (χ0n) is 16.4. The first kappa shape index (κ1) is 18.7. The highest BCUT2D eigenvalue weighted by Gasteiger charge is 2.44. The lowest BCUT2D eigenvalue weighted by molar-refractivity contribution is -0.126. The maximum atomic E-state index is 12.7. The van der Waals surface area contributed by atoms with Gasteiger partial charge in [0.15, 0.2) is 0 Å². The summed E-state index contributed by atoms with van der Waals surface area (Å²) >= 11 is 0. The van der Waals surface area contributed by atoms with Gasteiger partial charge in [-0.15, -0.1) is 0 Å². The molecule has 1 aromatic carbocycles. The highest BCUT2D eigenvalue weighted by molar-refractivity contribution is 6.42. The van der Waals surface area contributed by atoms with E-state index in [-0.39, 0.29) is 17.1 Å². The first-order chi connectivity index (χ1) is 13.2. The monoisotopic (exact) mass is 368 g/mol. The number of hydrogen-bond acceptors (Lipinski definition) is 3. The Morgan fingerprint density at radius 1 is 0.926 bits per heavy atom. The van der Waals surface area contributed by atoms with Crippen LogP contribution in [-0.2, 0) is 4.79 Å². The van der Waals surface area contributed by atoms with E-state index in [4.69, 9.17) is 0 Å². The molecular weight excluding hydrogens is 336 g/mol. The third-order valence-corrected chi connectivity index (χ3v) is 6.94. The second kappa shape index (κ2) is 8.14. The molecule has 0 bridgehead atoms. The van der Waals surface area contributed by atoms with Crippen LogP contribution in [0.1, 0.15) is 61.7 Å². The summed E-state index contributed by atoms with van der Waals surface area (Å²) in [5.41, 5.74) is 0.713. The van der Waals surface area contributed by atoms with Crippen molar-refractivity contribution in [2.75, 3.05) is 32.7 Å². The molecule has 3 aliphatic rings. The molecule has 0 radical (unpaired) electrons. The Labute approximate surface area is 162 Å². The largest absolute Gasteiger partial charge is 0.335 e. The van der Waals surface area contributed by atoms with Crippen LogP contribution >= 0.6 is 0 Å². The van der Waals surface area contributed by atoms with Gasteiger partial charge in [-0.25, -0.2) is 0 Å². The summed E-state index contributed by atoms with van der Waals surface area (Å²) in [5, 5.41) is 0. The third kappa shape index (κ3) is 4.26. The number of likely N-dealkylation sites (tertiary alicyclic amines) is 2. The number of hydrogen-bond donors (Lipinski definition) is 0. The topological polar surface area (TPSA) is 40.6 Å². The maximum absolute atomic E-state index is 12.7. The normalized spacial score (nSPS) is 27.2. The van der Waals surface area contributed by atoms with Gasteiger partial charge in [-0.3, -0.25) is 9.59 Å². The molecular formula is C23H32N2O2. The molecule has 1 aliphatic carbocycles. The number of Topliss-reactive ketones (excluding diaryl/α,β-unsaturated/α-hetero) is 1. The summed E-state index contributed by atoms with van der Waals surface area (Å²) in [6.45, 7) is 5.03. The molecule has 4 nitrogen and oxygen atoms in total. The van der Waals surface area contributed by atoms with E-state index in [1.165, 1.54) is 58.0 Å². The number of carbonyl (C=O) groups excluding carboxylic acids is 2. The lowest BCUT2D eigenvalue weighted by Crippen LogP contribution is -2.47. The molecule has 4 rings (SSSR count). The lowest BCUT2D eigenvalue weighted by Gasteiger charge is -2.42. The van der Waals surface area contributed by atoms with Crippen LogP contribution in [0.2, 0.25) is 0 Å². The predicted octanol–water partition coefficient (Wildman–Crippen LogP) is 3.76. The van der Waals surface area contributed by atoms with Crippen molar-refractivity contribution >= 4 is 11.7 Å². The number of benzene rings is 1. The van der Waals surface area contributed by atoms with Gasteiger partial charge in [-0.05, 0) is 44.6 Å². The van der Waals surface area contributed by atoms with E-state index < -0.39 is 0 Å². The van der Waals surface area contributed by atoms with Crippen molar-refractivity contribution in [1.29, 1.82) is 0 Å². The summed E-state index contributed by atoms with van der Waals surface area (Å²) in [6.07, 6.45) is 10.4. The third-order valence-electron chi connectivity index (χ3n) is 6.94. The second-order valence-corrected chi connectivity index (χ2v) is 9.01. The quantitative estimate of drug-likeness (QED) is 0.600. The standard InChI is InChI=1S/C23H32N2O2/c26-21(20-10-5-2-6-11-20)22(27)25-15-13-23(18-25)12-7-14-24(17-23)16-19-8-3-1-4-9-19/h2,5-6,10-11,19H,1,3-4,7-9,12-18H2/t23-/m1/s1. The molecule has 1 amide bonds. The zero-order valence-corrected chi connectivity index (χ0v) is 16.4. The number of carbonyl (C=O) groups is 2.